The molecule has 160 valence electrons. The number of rotatable bonds is 8. The number of nitrogens with zero attached hydrogens (tertiary/aromatic N) is 2. The Morgan fingerprint density at radius 2 is 1.40 bits per heavy atom. The molecule has 5 nitrogen and oxygen atoms in total. The molecule has 1 fully saturated rings. The number of piperazine rings is 1. The topological polar surface area (TPSA) is 52.7 Å². The van der Waals surface area contributed by atoms with Crippen LogP contribution in [0.15, 0.2) is 60.7 Å². The summed E-state index contributed by atoms with van der Waals surface area (Å²) < 4.78 is 0. The van der Waals surface area contributed by atoms with Crippen LogP contribution in [0, 0.1) is 0 Å². The Hall–Kier alpha value is -2.66. The number of carbonyl (C=O) groups excluding carboxylic acids is 2. The van der Waals surface area contributed by atoms with Crippen molar-refractivity contribution in [2.45, 2.75) is 38.6 Å². The van der Waals surface area contributed by atoms with E-state index < -0.39 is 12.0 Å². The van der Waals surface area contributed by atoms with Gasteiger partial charge in [-0.1, -0.05) is 80.9 Å². The van der Waals surface area contributed by atoms with Gasteiger partial charge in [-0.3, -0.25) is 9.59 Å². The Morgan fingerprint density at radius 3 is 1.87 bits per heavy atom. The van der Waals surface area contributed by atoms with Gasteiger partial charge in [0.15, 0.2) is 0 Å². The summed E-state index contributed by atoms with van der Waals surface area (Å²) >= 11 is 0. The van der Waals surface area contributed by atoms with Gasteiger partial charge in [0.05, 0.1) is 5.92 Å². The van der Waals surface area contributed by atoms with Gasteiger partial charge in [-0.15, -0.1) is 0 Å². The molecule has 0 radical (unpaired) electrons. The molecule has 2 aromatic rings. The molecule has 1 unspecified atom stereocenters. The molecule has 0 aliphatic carbocycles. The fourth-order valence-electron chi connectivity index (χ4n) is 4.09. The smallest absolute Gasteiger partial charge is 0.245 e. The molecule has 1 aliphatic heterocycles. The van der Waals surface area contributed by atoms with Crippen molar-refractivity contribution in [1.29, 1.82) is 0 Å². The van der Waals surface area contributed by atoms with Crippen LogP contribution < -0.4 is 5.32 Å². The van der Waals surface area contributed by atoms with E-state index in [4.69, 9.17) is 0 Å². The highest BCUT2D eigenvalue weighted by molar-refractivity contribution is 5.92. The summed E-state index contributed by atoms with van der Waals surface area (Å²) in [6, 6.07) is 19.1. The second-order valence-electron chi connectivity index (χ2n) is 7.86. The second-order valence-corrected chi connectivity index (χ2v) is 7.86. The minimum atomic E-state index is -0.481. The van der Waals surface area contributed by atoms with E-state index in [0.717, 1.165) is 50.3 Å². The summed E-state index contributed by atoms with van der Waals surface area (Å²) in [4.78, 5) is 30.9. The number of benzene rings is 2. The number of hydrogen-bond acceptors (Lipinski definition) is 3. The maximum atomic E-state index is 13.4. The van der Waals surface area contributed by atoms with Crippen molar-refractivity contribution in [2.24, 2.45) is 0 Å². The first-order chi connectivity index (χ1) is 14.6. The van der Waals surface area contributed by atoms with Gasteiger partial charge in [0.25, 0.3) is 0 Å². The van der Waals surface area contributed by atoms with Gasteiger partial charge in [-0.05, 0) is 24.1 Å². The summed E-state index contributed by atoms with van der Waals surface area (Å²) in [7, 11) is 0. The zero-order valence-electron chi connectivity index (χ0n) is 18.1. The van der Waals surface area contributed by atoms with Crippen LogP contribution in [-0.4, -0.2) is 60.4 Å². The van der Waals surface area contributed by atoms with Crippen molar-refractivity contribution in [3.05, 3.63) is 71.8 Å². The van der Waals surface area contributed by atoms with E-state index in [1.165, 1.54) is 0 Å². The predicted molar refractivity (Wildman–Crippen MR) is 120 cm³/mol. The predicted octanol–water partition coefficient (Wildman–Crippen LogP) is 3.27. The van der Waals surface area contributed by atoms with E-state index in [9.17, 15) is 9.59 Å². The lowest BCUT2D eigenvalue weighted by molar-refractivity contribution is -0.138. The van der Waals surface area contributed by atoms with Gasteiger partial charge in [0.1, 0.15) is 6.04 Å². The van der Waals surface area contributed by atoms with Crippen LogP contribution in [0.4, 0.5) is 0 Å². The molecular weight excluding hydrogens is 374 g/mol. The second kappa shape index (κ2) is 10.9. The molecule has 1 N–H and O–H groups in total. The van der Waals surface area contributed by atoms with Crippen molar-refractivity contribution in [3.63, 3.8) is 0 Å². The van der Waals surface area contributed by atoms with E-state index in [2.05, 4.69) is 17.1 Å². The van der Waals surface area contributed by atoms with Gasteiger partial charge in [0.2, 0.25) is 11.8 Å². The van der Waals surface area contributed by atoms with Crippen molar-refractivity contribution in [2.75, 3.05) is 32.7 Å². The largest absolute Gasteiger partial charge is 0.343 e. The highest BCUT2D eigenvalue weighted by atomic mass is 16.2. The molecule has 1 aliphatic rings. The lowest BCUT2D eigenvalue weighted by Gasteiger charge is -2.36. The lowest BCUT2D eigenvalue weighted by Crippen LogP contribution is -2.55. The Bertz CT molecular complexity index is 762. The highest BCUT2D eigenvalue weighted by Crippen LogP contribution is 2.25. The average Bonchev–Trinajstić information content (AvgIpc) is 2.80. The molecule has 2 amide bonds. The van der Waals surface area contributed by atoms with Gasteiger partial charge >= 0.3 is 0 Å². The third kappa shape index (κ3) is 5.48. The maximum Gasteiger partial charge on any atom is 0.245 e. The van der Waals surface area contributed by atoms with E-state index in [0.29, 0.717) is 6.42 Å². The number of amides is 2. The first-order valence-corrected chi connectivity index (χ1v) is 11.1. The molecule has 1 heterocycles. The summed E-state index contributed by atoms with van der Waals surface area (Å²) in [6.45, 7) is 8.44. The Kier molecular flexibility index (Phi) is 8.03. The molecule has 2 aromatic carbocycles. The third-order valence-electron chi connectivity index (χ3n) is 5.85. The van der Waals surface area contributed by atoms with E-state index in [-0.39, 0.29) is 11.8 Å². The van der Waals surface area contributed by atoms with Gasteiger partial charge < -0.3 is 15.1 Å². The molecule has 5 heteroatoms. The fourth-order valence-corrected chi connectivity index (χ4v) is 4.09. The zero-order valence-corrected chi connectivity index (χ0v) is 18.1. The third-order valence-corrected chi connectivity index (χ3v) is 5.85. The Labute approximate surface area is 180 Å². The summed E-state index contributed by atoms with van der Waals surface area (Å²) in [6.07, 6.45) is 1.49. The fraction of sp³-hybridized carbons (Fsp3) is 0.440. The number of carbonyl (C=O) groups is 2. The molecule has 0 spiro atoms. The Balaban J connectivity index is 1.77. The number of likely N-dealkylation sites (N-methyl/N-ethyl adjacent to an activating group) is 1. The lowest BCUT2D eigenvalue weighted by atomic mass is 9.90. The normalized spacial score (nSPS) is 15.8. The van der Waals surface area contributed by atoms with Crippen LogP contribution in [0.5, 0.6) is 0 Å². The summed E-state index contributed by atoms with van der Waals surface area (Å²) in [5.41, 5.74) is 1.86. The number of nitrogens with one attached hydrogen (secondary N) is 1. The summed E-state index contributed by atoms with van der Waals surface area (Å²) in [5, 5.41) is 3.09. The molecule has 0 bridgehead atoms. The number of hydrogen-bond donors (Lipinski definition) is 1. The first-order valence-electron chi connectivity index (χ1n) is 11.1. The van der Waals surface area contributed by atoms with Crippen molar-refractivity contribution in [1.82, 2.24) is 15.1 Å². The Morgan fingerprint density at radius 1 is 0.867 bits per heavy atom. The van der Waals surface area contributed by atoms with E-state index in [1.54, 1.807) is 0 Å². The molecule has 1 saturated heterocycles. The van der Waals surface area contributed by atoms with Crippen LogP contribution in [0.1, 0.15) is 43.7 Å². The summed E-state index contributed by atoms with van der Waals surface area (Å²) in [5.74, 6) is -0.510. The minimum absolute atomic E-state index is 0.0424. The van der Waals surface area contributed by atoms with Crippen molar-refractivity contribution < 1.29 is 9.59 Å². The zero-order chi connectivity index (χ0) is 21.3. The monoisotopic (exact) mass is 407 g/mol. The van der Waals surface area contributed by atoms with E-state index >= 15 is 0 Å². The van der Waals surface area contributed by atoms with Gasteiger partial charge in [0, 0.05) is 26.2 Å². The van der Waals surface area contributed by atoms with Crippen LogP contribution >= 0.6 is 0 Å². The molecule has 0 aromatic heterocycles. The SMILES string of the molecule is CCCC(NC(=O)C(c1ccccc1)c1ccccc1)C(=O)N1CCN(CC)CC1. The molecule has 1 atom stereocenters. The van der Waals surface area contributed by atoms with Gasteiger partial charge in [-0.2, -0.15) is 0 Å². The quantitative estimate of drug-likeness (QED) is 0.731. The van der Waals surface area contributed by atoms with Crippen molar-refractivity contribution >= 4 is 11.8 Å². The molecule has 0 saturated carbocycles. The molecule has 3 rings (SSSR count). The maximum absolute atomic E-state index is 13.4. The first kappa shape index (κ1) is 22.0. The van der Waals surface area contributed by atoms with Crippen LogP contribution in [0.2, 0.25) is 0 Å². The molecular formula is C25H33N3O2. The standard InChI is InChI=1S/C25H33N3O2/c1-3-11-22(25(30)28-18-16-27(4-2)17-19-28)26-24(29)23(20-12-7-5-8-13-20)21-14-9-6-10-15-21/h5-10,12-15,22-23H,3-4,11,16-19H2,1-2H3,(H,26,29). The van der Waals surface area contributed by atoms with Crippen LogP contribution in [0.3, 0.4) is 0 Å². The minimum Gasteiger partial charge on any atom is -0.343 e. The average molecular weight is 408 g/mol. The van der Waals surface area contributed by atoms with Crippen LogP contribution in [-0.2, 0) is 9.59 Å². The van der Waals surface area contributed by atoms with Gasteiger partial charge in [-0.25, -0.2) is 0 Å². The van der Waals surface area contributed by atoms with Crippen LogP contribution in [0.25, 0.3) is 0 Å². The van der Waals surface area contributed by atoms with E-state index in [1.807, 2.05) is 72.5 Å². The highest BCUT2D eigenvalue weighted by Gasteiger charge is 2.31. The molecule has 30 heavy (non-hydrogen) atoms. The van der Waals surface area contributed by atoms with Crippen molar-refractivity contribution in [3.8, 4) is 0 Å².